The Kier molecular flexibility index (Phi) is 4.19. The van der Waals surface area contributed by atoms with E-state index >= 15 is 0 Å². The Morgan fingerprint density at radius 2 is 1.81 bits per heavy atom. The zero-order valence-electron chi connectivity index (χ0n) is 13.9. The summed E-state index contributed by atoms with van der Waals surface area (Å²) in [4.78, 5) is 20.2. The highest BCUT2D eigenvalue weighted by atomic mass is 19.1. The molecule has 1 aromatic heterocycles. The van der Waals surface area contributed by atoms with E-state index in [2.05, 4.69) is 15.3 Å². The summed E-state index contributed by atoms with van der Waals surface area (Å²) in [6.07, 6.45) is 0.103. The van der Waals surface area contributed by atoms with Crippen molar-refractivity contribution in [2.24, 2.45) is 0 Å². The molecule has 0 aliphatic heterocycles. The summed E-state index contributed by atoms with van der Waals surface area (Å²) in [5, 5.41) is 2.90. The SMILES string of the molecule is O=C(Cc1cccc(F)c1)Nc1ccccc1-c1nc2ccccc2[nH]1. The van der Waals surface area contributed by atoms with E-state index in [-0.39, 0.29) is 18.1 Å². The van der Waals surface area contributed by atoms with Crippen molar-refractivity contribution in [1.29, 1.82) is 0 Å². The number of para-hydroxylation sites is 3. The molecule has 4 aromatic rings. The highest BCUT2D eigenvalue weighted by Crippen LogP contribution is 2.27. The van der Waals surface area contributed by atoms with Gasteiger partial charge in [-0.05, 0) is 42.0 Å². The summed E-state index contributed by atoms with van der Waals surface area (Å²) < 4.78 is 13.3. The summed E-state index contributed by atoms with van der Waals surface area (Å²) in [6.45, 7) is 0. The van der Waals surface area contributed by atoms with Gasteiger partial charge in [0.25, 0.3) is 0 Å². The van der Waals surface area contributed by atoms with Crippen LogP contribution in [0.1, 0.15) is 5.56 Å². The predicted octanol–water partition coefficient (Wildman–Crippen LogP) is 4.55. The maximum atomic E-state index is 13.3. The van der Waals surface area contributed by atoms with Crippen LogP contribution in [0.2, 0.25) is 0 Å². The average Bonchev–Trinajstić information content (AvgIpc) is 3.06. The number of benzene rings is 3. The van der Waals surface area contributed by atoms with E-state index in [0.29, 0.717) is 17.1 Å². The lowest BCUT2D eigenvalue weighted by atomic mass is 10.1. The first-order chi connectivity index (χ1) is 12.7. The summed E-state index contributed by atoms with van der Waals surface area (Å²) >= 11 is 0. The highest BCUT2D eigenvalue weighted by Gasteiger charge is 2.12. The Balaban J connectivity index is 1.60. The molecule has 0 atom stereocenters. The molecule has 0 radical (unpaired) electrons. The summed E-state index contributed by atoms with van der Waals surface area (Å²) in [5.74, 6) is 0.130. The monoisotopic (exact) mass is 345 g/mol. The van der Waals surface area contributed by atoms with Crippen LogP contribution >= 0.6 is 0 Å². The molecule has 5 heteroatoms. The number of imidazole rings is 1. The Morgan fingerprint density at radius 1 is 1.00 bits per heavy atom. The molecule has 1 amide bonds. The van der Waals surface area contributed by atoms with Crippen LogP contribution in [0.25, 0.3) is 22.4 Å². The van der Waals surface area contributed by atoms with E-state index in [9.17, 15) is 9.18 Å². The number of hydrogen-bond acceptors (Lipinski definition) is 2. The second kappa shape index (κ2) is 6.80. The van der Waals surface area contributed by atoms with Crippen LogP contribution in [-0.4, -0.2) is 15.9 Å². The lowest BCUT2D eigenvalue weighted by Gasteiger charge is -2.09. The van der Waals surface area contributed by atoms with Crippen LogP contribution < -0.4 is 5.32 Å². The second-order valence-electron chi connectivity index (χ2n) is 6.00. The Hall–Kier alpha value is -3.47. The first-order valence-electron chi connectivity index (χ1n) is 8.27. The minimum Gasteiger partial charge on any atom is -0.338 e. The van der Waals surface area contributed by atoms with Crippen molar-refractivity contribution in [2.75, 3.05) is 5.32 Å². The highest BCUT2D eigenvalue weighted by molar-refractivity contribution is 5.96. The maximum absolute atomic E-state index is 13.3. The van der Waals surface area contributed by atoms with Gasteiger partial charge in [-0.1, -0.05) is 36.4 Å². The molecule has 0 unspecified atom stereocenters. The molecule has 0 saturated heterocycles. The van der Waals surface area contributed by atoms with Crippen LogP contribution in [0.15, 0.2) is 72.8 Å². The Morgan fingerprint density at radius 3 is 2.65 bits per heavy atom. The number of aromatic nitrogens is 2. The van der Waals surface area contributed by atoms with Gasteiger partial charge in [-0.25, -0.2) is 9.37 Å². The van der Waals surface area contributed by atoms with Gasteiger partial charge in [0.05, 0.1) is 23.1 Å². The molecule has 2 N–H and O–H groups in total. The van der Waals surface area contributed by atoms with Crippen molar-refractivity contribution < 1.29 is 9.18 Å². The number of amides is 1. The fourth-order valence-electron chi connectivity index (χ4n) is 2.91. The number of carbonyl (C=O) groups excluding carboxylic acids is 1. The number of fused-ring (bicyclic) bond motifs is 1. The Labute approximate surface area is 149 Å². The third-order valence-electron chi connectivity index (χ3n) is 4.10. The van der Waals surface area contributed by atoms with Crippen LogP contribution in [0, 0.1) is 5.82 Å². The van der Waals surface area contributed by atoms with E-state index in [1.165, 1.54) is 12.1 Å². The molecule has 26 heavy (non-hydrogen) atoms. The first kappa shape index (κ1) is 16.0. The van der Waals surface area contributed by atoms with E-state index < -0.39 is 0 Å². The number of hydrogen-bond donors (Lipinski definition) is 2. The molecule has 0 bridgehead atoms. The van der Waals surface area contributed by atoms with Gasteiger partial charge >= 0.3 is 0 Å². The smallest absolute Gasteiger partial charge is 0.228 e. The van der Waals surface area contributed by atoms with Crippen molar-refractivity contribution in [3.05, 3.63) is 84.2 Å². The van der Waals surface area contributed by atoms with Gasteiger partial charge in [-0.2, -0.15) is 0 Å². The number of anilines is 1. The zero-order valence-corrected chi connectivity index (χ0v) is 13.9. The number of halogens is 1. The predicted molar refractivity (Wildman–Crippen MR) is 100 cm³/mol. The second-order valence-corrected chi connectivity index (χ2v) is 6.00. The number of nitrogens with one attached hydrogen (secondary N) is 2. The summed E-state index contributed by atoms with van der Waals surface area (Å²) in [6, 6.07) is 21.3. The molecule has 0 aliphatic carbocycles. The lowest BCUT2D eigenvalue weighted by molar-refractivity contribution is -0.115. The zero-order chi connectivity index (χ0) is 17.9. The van der Waals surface area contributed by atoms with Crippen LogP contribution in [-0.2, 0) is 11.2 Å². The van der Waals surface area contributed by atoms with Crippen molar-refractivity contribution in [1.82, 2.24) is 9.97 Å². The van der Waals surface area contributed by atoms with Crippen LogP contribution in [0.4, 0.5) is 10.1 Å². The lowest BCUT2D eigenvalue weighted by Crippen LogP contribution is -2.15. The number of H-pyrrole nitrogens is 1. The third kappa shape index (κ3) is 3.32. The van der Waals surface area contributed by atoms with Crippen LogP contribution in [0.5, 0.6) is 0 Å². The van der Waals surface area contributed by atoms with Gasteiger partial charge in [0.2, 0.25) is 5.91 Å². The average molecular weight is 345 g/mol. The molecule has 3 aromatic carbocycles. The van der Waals surface area contributed by atoms with E-state index in [1.54, 1.807) is 12.1 Å². The minimum atomic E-state index is -0.349. The molecular formula is C21H16FN3O. The molecule has 128 valence electrons. The van der Waals surface area contributed by atoms with Gasteiger partial charge in [0.1, 0.15) is 11.6 Å². The molecule has 0 spiro atoms. The van der Waals surface area contributed by atoms with Gasteiger partial charge in [-0.3, -0.25) is 4.79 Å². The van der Waals surface area contributed by atoms with E-state index in [1.807, 2.05) is 48.5 Å². The third-order valence-corrected chi connectivity index (χ3v) is 4.10. The summed E-state index contributed by atoms with van der Waals surface area (Å²) in [7, 11) is 0. The normalized spacial score (nSPS) is 10.8. The molecule has 1 heterocycles. The first-order valence-corrected chi connectivity index (χ1v) is 8.27. The van der Waals surface area contributed by atoms with Gasteiger partial charge in [0, 0.05) is 5.56 Å². The largest absolute Gasteiger partial charge is 0.338 e. The summed E-state index contributed by atoms with van der Waals surface area (Å²) in [5.41, 5.74) is 3.89. The van der Waals surface area contributed by atoms with E-state index in [4.69, 9.17) is 0 Å². The minimum absolute atomic E-state index is 0.103. The van der Waals surface area contributed by atoms with Crippen LogP contribution in [0.3, 0.4) is 0 Å². The van der Waals surface area contributed by atoms with Gasteiger partial charge < -0.3 is 10.3 Å². The molecule has 0 fully saturated rings. The standard InChI is InChI=1S/C21H16FN3O/c22-15-7-5-6-14(12-15)13-20(26)23-17-9-2-1-8-16(17)21-24-18-10-3-4-11-19(18)25-21/h1-12H,13H2,(H,23,26)(H,24,25). The number of nitrogens with zero attached hydrogens (tertiary/aromatic N) is 1. The fraction of sp³-hybridized carbons (Fsp3) is 0.0476. The molecular weight excluding hydrogens is 329 g/mol. The molecule has 4 rings (SSSR count). The van der Waals surface area contributed by atoms with Crippen molar-refractivity contribution in [3.8, 4) is 11.4 Å². The van der Waals surface area contributed by atoms with Gasteiger partial charge in [0.15, 0.2) is 0 Å². The van der Waals surface area contributed by atoms with Crippen molar-refractivity contribution in [3.63, 3.8) is 0 Å². The Bertz CT molecular complexity index is 1050. The van der Waals surface area contributed by atoms with E-state index in [0.717, 1.165) is 16.6 Å². The number of rotatable bonds is 4. The topological polar surface area (TPSA) is 57.8 Å². The van der Waals surface area contributed by atoms with Crippen molar-refractivity contribution in [2.45, 2.75) is 6.42 Å². The molecule has 0 saturated carbocycles. The fourth-order valence-corrected chi connectivity index (χ4v) is 2.91. The molecule has 4 nitrogen and oxygen atoms in total. The maximum Gasteiger partial charge on any atom is 0.228 e. The quantitative estimate of drug-likeness (QED) is 0.570. The van der Waals surface area contributed by atoms with Gasteiger partial charge in [-0.15, -0.1) is 0 Å². The number of aromatic amines is 1. The molecule has 0 aliphatic rings. The number of carbonyl (C=O) groups is 1. The van der Waals surface area contributed by atoms with Crippen molar-refractivity contribution >= 4 is 22.6 Å².